The quantitative estimate of drug-likeness (QED) is 0.835. The number of sulfonamides is 1. The van der Waals surface area contributed by atoms with Crippen LogP contribution in [0.15, 0.2) is 22.7 Å². The summed E-state index contributed by atoms with van der Waals surface area (Å²) in [6.07, 6.45) is 1.58. The van der Waals surface area contributed by atoms with E-state index in [4.69, 9.17) is 0 Å². The van der Waals surface area contributed by atoms with Gasteiger partial charge in [-0.1, -0.05) is 25.2 Å². The summed E-state index contributed by atoms with van der Waals surface area (Å²) in [4.78, 5) is 0.218. The Bertz CT molecular complexity index is 661. The Labute approximate surface area is 122 Å². The van der Waals surface area contributed by atoms with Crippen LogP contribution in [0.5, 0.6) is 0 Å². The number of hydrogen-bond acceptors (Lipinski definition) is 6. The number of aromatic nitrogens is 3. The second-order valence-electron chi connectivity index (χ2n) is 4.66. The summed E-state index contributed by atoms with van der Waals surface area (Å²) in [7, 11) is -1.79. The summed E-state index contributed by atoms with van der Waals surface area (Å²) in [5, 5.41) is 10.8. The minimum atomic E-state index is -3.61. The third-order valence-electron chi connectivity index (χ3n) is 2.67. The highest BCUT2D eigenvalue weighted by atomic mass is 32.2. The largest absolute Gasteiger partial charge is 0.352 e. The van der Waals surface area contributed by atoms with Crippen LogP contribution < -0.4 is 10.0 Å². The fourth-order valence-corrected chi connectivity index (χ4v) is 3.39. The van der Waals surface area contributed by atoms with E-state index >= 15 is 0 Å². The lowest BCUT2D eigenvalue weighted by atomic mass is 10.3. The molecule has 0 aliphatic heterocycles. The van der Waals surface area contributed by atoms with E-state index in [-0.39, 0.29) is 10.0 Å². The normalized spacial score (nSPS) is 12.0. The van der Waals surface area contributed by atoms with Crippen LogP contribution in [-0.2, 0) is 23.6 Å². The zero-order valence-electron chi connectivity index (χ0n) is 11.5. The number of nitrogens with zero attached hydrogens (tertiary/aromatic N) is 3. The summed E-state index contributed by atoms with van der Waals surface area (Å²) in [6, 6.07) is 1.99. The van der Waals surface area contributed by atoms with Crippen LogP contribution >= 0.6 is 11.3 Å². The van der Waals surface area contributed by atoms with Gasteiger partial charge < -0.3 is 9.88 Å². The van der Waals surface area contributed by atoms with Gasteiger partial charge in [0.2, 0.25) is 5.13 Å². The van der Waals surface area contributed by atoms with Crippen LogP contribution in [0, 0.1) is 0 Å². The standard InChI is InChI=1S/C11H17N5O2S2/c1-8(2)12-5-9-4-10(6-16(9)3)20(17,18)15-11-14-13-7-19-11/h4,6-8,12H,5H2,1-3H3,(H,14,15). The molecule has 20 heavy (non-hydrogen) atoms. The molecule has 0 radical (unpaired) electrons. The molecule has 9 heteroatoms. The monoisotopic (exact) mass is 315 g/mol. The molecule has 0 aliphatic rings. The third kappa shape index (κ3) is 3.56. The Hall–Kier alpha value is -1.45. The molecule has 2 N–H and O–H groups in total. The van der Waals surface area contributed by atoms with Crippen LogP contribution in [0.3, 0.4) is 0 Å². The molecule has 110 valence electrons. The van der Waals surface area contributed by atoms with Gasteiger partial charge in [-0.3, -0.25) is 4.72 Å². The van der Waals surface area contributed by atoms with Gasteiger partial charge in [-0.25, -0.2) is 8.42 Å². The molecule has 7 nitrogen and oxygen atoms in total. The van der Waals surface area contributed by atoms with Crippen molar-refractivity contribution in [2.24, 2.45) is 7.05 Å². The maximum atomic E-state index is 12.2. The predicted octanol–water partition coefficient (Wildman–Crippen LogP) is 1.18. The smallest absolute Gasteiger partial charge is 0.265 e. The minimum absolute atomic E-state index is 0.218. The lowest BCUT2D eigenvalue weighted by Crippen LogP contribution is -2.22. The Balaban J connectivity index is 2.18. The highest BCUT2D eigenvalue weighted by molar-refractivity contribution is 7.93. The van der Waals surface area contributed by atoms with Crippen molar-refractivity contribution in [3.05, 3.63) is 23.5 Å². The first-order chi connectivity index (χ1) is 9.38. The molecule has 2 aromatic rings. The SMILES string of the molecule is CC(C)NCc1cc(S(=O)(=O)Nc2nncs2)cn1C. The molecule has 2 aromatic heterocycles. The van der Waals surface area contributed by atoms with E-state index in [1.165, 1.54) is 5.51 Å². The Morgan fingerprint density at radius 3 is 2.80 bits per heavy atom. The van der Waals surface area contributed by atoms with Crippen molar-refractivity contribution in [3.63, 3.8) is 0 Å². The molecule has 0 fully saturated rings. The zero-order valence-corrected chi connectivity index (χ0v) is 13.1. The lowest BCUT2D eigenvalue weighted by Gasteiger charge is -2.08. The van der Waals surface area contributed by atoms with Crippen molar-refractivity contribution in [2.45, 2.75) is 31.3 Å². The van der Waals surface area contributed by atoms with Crippen LogP contribution in [0.25, 0.3) is 0 Å². The van der Waals surface area contributed by atoms with Gasteiger partial charge in [-0.2, -0.15) is 0 Å². The second kappa shape index (κ2) is 5.90. The molecule has 2 rings (SSSR count). The maximum Gasteiger partial charge on any atom is 0.265 e. The average molecular weight is 315 g/mol. The van der Waals surface area contributed by atoms with Gasteiger partial charge in [0.25, 0.3) is 10.0 Å². The maximum absolute atomic E-state index is 12.2. The Kier molecular flexibility index (Phi) is 4.41. The molecule has 0 spiro atoms. The summed E-state index contributed by atoms with van der Waals surface area (Å²) in [5.74, 6) is 0. The molecule has 0 bridgehead atoms. The van der Waals surface area contributed by atoms with E-state index < -0.39 is 10.0 Å². The van der Waals surface area contributed by atoms with Crippen molar-refractivity contribution in [3.8, 4) is 0 Å². The molecular formula is C11H17N5O2S2. The van der Waals surface area contributed by atoms with Gasteiger partial charge >= 0.3 is 0 Å². The zero-order chi connectivity index (χ0) is 14.8. The number of hydrogen-bond donors (Lipinski definition) is 2. The van der Waals surface area contributed by atoms with E-state index in [0.717, 1.165) is 17.0 Å². The van der Waals surface area contributed by atoms with Crippen molar-refractivity contribution < 1.29 is 8.42 Å². The van der Waals surface area contributed by atoms with Crippen molar-refractivity contribution in [1.82, 2.24) is 20.1 Å². The van der Waals surface area contributed by atoms with Crippen LogP contribution in [0.2, 0.25) is 0 Å². The van der Waals surface area contributed by atoms with Gasteiger partial charge in [0.1, 0.15) is 10.4 Å². The minimum Gasteiger partial charge on any atom is -0.352 e. The van der Waals surface area contributed by atoms with E-state index in [9.17, 15) is 8.42 Å². The van der Waals surface area contributed by atoms with Gasteiger partial charge in [0, 0.05) is 31.5 Å². The Morgan fingerprint density at radius 2 is 2.20 bits per heavy atom. The molecule has 2 heterocycles. The summed E-state index contributed by atoms with van der Waals surface area (Å²) in [5.41, 5.74) is 2.37. The molecule has 0 aliphatic carbocycles. The van der Waals surface area contributed by atoms with Gasteiger partial charge in [0.05, 0.1) is 0 Å². The molecule has 0 amide bonds. The fourth-order valence-electron chi connectivity index (χ4n) is 1.60. The second-order valence-corrected chi connectivity index (χ2v) is 7.18. The first-order valence-corrected chi connectivity index (χ1v) is 8.42. The summed E-state index contributed by atoms with van der Waals surface area (Å²) >= 11 is 1.14. The topological polar surface area (TPSA) is 88.9 Å². The van der Waals surface area contributed by atoms with Gasteiger partial charge in [-0.15, -0.1) is 10.2 Å². The molecule has 0 aromatic carbocycles. The predicted molar refractivity (Wildman–Crippen MR) is 78.1 cm³/mol. The number of aryl methyl sites for hydroxylation is 1. The van der Waals surface area contributed by atoms with Crippen molar-refractivity contribution >= 4 is 26.5 Å². The first-order valence-electron chi connectivity index (χ1n) is 6.06. The molecular weight excluding hydrogens is 298 g/mol. The van der Waals surface area contributed by atoms with E-state index in [1.807, 2.05) is 20.9 Å². The lowest BCUT2D eigenvalue weighted by molar-refractivity contribution is 0.571. The third-order valence-corrected chi connectivity index (χ3v) is 4.71. The fraction of sp³-hybridized carbons (Fsp3) is 0.455. The van der Waals surface area contributed by atoms with E-state index in [2.05, 4.69) is 20.2 Å². The average Bonchev–Trinajstić information content (AvgIpc) is 2.96. The van der Waals surface area contributed by atoms with E-state index in [0.29, 0.717) is 12.6 Å². The summed E-state index contributed by atoms with van der Waals surface area (Å²) < 4.78 is 28.6. The van der Waals surface area contributed by atoms with Gasteiger partial charge in [0.15, 0.2) is 0 Å². The highest BCUT2D eigenvalue weighted by Gasteiger charge is 2.19. The highest BCUT2D eigenvalue weighted by Crippen LogP contribution is 2.18. The van der Waals surface area contributed by atoms with Crippen LogP contribution in [-0.4, -0.2) is 29.2 Å². The van der Waals surface area contributed by atoms with Crippen LogP contribution in [0.4, 0.5) is 5.13 Å². The van der Waals surface area contributed by atoms with Crippen molar-refractivity contribution in [2.75, 3.05) is 4.72 Å². The molecule has 0 saturated heterocycles. The number of rotatable bonds is 6. The molecule has 0 unspecified atom stereocenters. The Morgan fingerprint density at radius 1 is 1.45 bits per heavy atom. The number of nitrogens with one attached hydrogen (secondary N) is 2. The molecule has 0 saturated carbocycles. The molecule has 0 atom stereocenters. The first kappa shape index (κ1) is 14.9. The van der Waals surface area contributed by atoms with Gasteiger partial charge in [-0.05, 0) is 6.07 Å². The van der Waals surface area contributed by atoms with Crippen LogP contribution in [0.1, 0.15) is 19.5 Å². The summed E-state index contributed by atoms with van der Waals surface area (Å²) in [6.45, 7) is 4.69. The number of anilines is 1. The van der Waals surface area contributed by atoms with E-state index in [1.54, 1.807) is 16.8 Å². The van der Waals surface area contributed by atoms with Crippen molar-refractivity contribution in [1.29, 1.82) is 0 Å².